The third kappa shape index (κ3) is 2.99. The molecule has 0 aromatic heterocycles. The molecule has 2 aliphatic rings. The summed E-state index contributed by atoms with van der Waals surface area (Å²) in [7, 11) is 0. The smallest absolute Gasteiger partial charge is 0.0234 e. The van der Waals surface area contributed by atoms with Gasteiger partial charge in [-0.2, -0.15) is 0 Å². The van der Waals surface area contributed by atoms with Gasteiger partial charge >= 0.3 is 0 Å². The van der Waals surface area contributed by atoms with Gasteiger partial charge in [0.1, 0.15) is 0 Å². The Morgan fingerprint density at radius 1 is 1.00 bits per heavy atom. The molecule has 19 heavy (non-hydrogen) atoms. The highest BCUT2D eigenvalue weighted by molar-refractivity contribution is 5.14. The standard InChI is InChI=1S/C16H25N3/c17-12-15-6-7-16(15)19-10-8-18(9-11-19)13-14-4-2-1-3-5-14/h1-5,15-16H,6-13,17H2. The lowest BCUT2D eigenvalue weighted by Crippen LogP contribution is -2.56. The summed E-state index contributed by atoms with van der Waals surface area (Å²) >= 11 is 0. The van der Waals surface area contributed by atoms with Crippen LogP contribution in [0.5, 0.6) is 0 Å². The number of rotatable bonds is 4. The Kier molecular flexibility index (Phi) is 4.16. The van der Waals surface area contributed by atoms with Crippen LogP contribution in [-0.2, 0) is 6.54 Å². The van der Waals surface area contributed by atoms with Gasteiger partial charge in [-0.3, -0.25) is 9.80 Å². The molecule has 1 aliphatic carbocycles. The highest BCUT2D eigenvalue weighted by atomic mass is 15.3. The molecule has 1 aromatic carbocycles. The molecule has 0 radical (unpaired) electrons. The minimum atomic E-state index is 0.765. The first kappa shape index (κ1) is 13.1. The zero-order chi connectivity index (χ0) is 13.1. The van der Waals surface area contributed by atoms with Crippen LogP contribution in [0.15, 0.2) is 30.3 Å². The lowest BCUT2D eigenvalue weighted by atomic mass is 9.78. The van der Waals surface area contributed by atoms with Gasteiger partial charge in [-0.25, -0.2) is 0 Å². The van der Waals surface area contributed by atoms with Crippen LogP contribution in [0, 0.1) is 5.92 Å². The van der Waals surface area contributed by atoms with Gasteiger partial charge in [-0.15, -0.1) is 0 Å². The average Bonchev–Trinajstić information content (AvgIpc) is 2.41. The van der Waals surface area contributed by atoms with Gasteiger partial charge in [0.05, 0.1) is 0 Å². The van der Waals surface area contributed by atoms with Crippen molar-refractivity contribution in [3.05, 3.63) is 35.9 Å². The van der Waals surface area contributed by atoms with Crippen molar-refractivity contribution in [2.45, 2.75) is 25.4 Å². The van der Waals surface area contributed by atoms with Crippen LogP contribution in [0.4, 0.5) is 0 Å². The van der Waals surface area contributed by atoms with E-state index in [-0.39, 0.29) is 0 Å². The molecular weight excluding hydrogens is 234 g/mol. The fourth-order valence-electron chi connectivity index (χ4n) is 3.40. The van der Waals surface area contributed by atoms with Gasteiger partial charge in [0.25, 0.3) is 0 Å². The van der Waals surface area contributed by atoms with Crippen molar-refractivity contribution in [2.75, 3.05) is 32.7 Å². The van der Waals surface area contributed by atoms with E-state index in [1.807, 2.05) is 0 Å². The van der Waals surface area contributed by atoms with Crippen molar-refractivity contribution in [3.8, 4) is 0 Å². The fraction of sp³-hybridized carbons (Fsp3) is 0.625. The predicted molar refractivity (Wildman–Crippen MR) is 78.9 cm³/mol. The summed E-state index contributed by atoms with van der Waals surface area (Å²) in [4.78, 5) is 5.24. The quantitative estimate of drug-likeness (QED) is 0.890. The molecule has 1 saturated heterocycles. The van der Waals surface area contributed by atoms with E-state index >= 15 is 0 Å². The van der Waals surface area contributed by atoms with Crippen molar-refractivity contribution in [1.82, 2.24) is 9.80 Å². The summed E-state index contributed by atoms with van der Waals surface area (Å²) in [6, 6.07) is 11.6. The number of hydrogen-bond donors (Lipinski definition) is 1. The van der Waals surface area contributed by atoms with E-state index in [0.717, 1.165) is 25.0 Å². The Hall–Kier alpha value is -0.900. The van der Waals surface area contributed by atoms with Crippen LogP contribution >= 0.6 is 0 Å². The maximum Gasteiger partial charge on any atom is 0.0234 e. The van der Waals surface area contributed by atoms with E-state index in [1.54, 1.807) is 0 Å². The van der Waals surface area contributed by atoms with Gasteiger partial charge in [0.2, 0.25) is 0 Å². The van der Waals surface area contributed by atoms with Crippen LogP contribution in [0.2, 0.25) is 0 Å². The van der Waals surface area contributed by atoms with Gasteiger partial charge in [0, 0.05) is 38.8 Å². The van der Waals surface area contributed by atoms with Crippen molar-refractivity contribution in [3.63, 3.8) is 0 Å². The van der Waals surface area contributed by atoms with Crippen LogP contribution in [0.3, 0.4) is 0 Å². The molecule has 1 aromatic rings. The highest BCUT2D eigenvalue weighted by Crippen LogP contribution is 2.31. The van der Waals surface area contributed by atoms with Crippen molar-refractivity contribution < 1.29 is 0 Å². The Bertz CT molecular complexity index is 382. The van der Waals surface area contributed by atoms with Crippen LogP contribution in [0.1, 0.15) is 18.4 Å². The van der Waals surface area contributed by atoms with Crippen molar-refractivity contribution in [1.29, 1.82) is 0 Å². The first-order valence-corrected chi connectivity index (χ1v) is 7.57. The summed E-state index contributed by atoms with van der Waals surface area (Å²) in [6.07, 6.45) is 2.70. The molecule has 0 bridgehead atoms. The first-order chi connectivity index (χ1) is 9.36. The molecule has 2 fully saturated rings. The minimum Gasteiger partial charge on any atom is -0.330 e. The third-order valence-electron chi connectivity index (χ3n) is 4.81. The molecule has 1 saturated carbocycles. The summed E-state index contributed by atoms with van der Waals surface area (Å²) in [5.74, 6) is 0.765. The van der Waals surface area contributed by atoms with E-state index in [0.29, 0.717) is 0 Å². The predicted octanol–water partition coefficient (Wildman–Crippen LogP) is 1.54. The Labute approximate surface area is 116 Å². The molecule has 3 nitrogen and oxygen atoms in total. The molecule has 3 heteroatoms. The first-order valence-electron chi connectivity index (χ1n) is 7.57. The van der Waals surface area contributed by atoms with Crippen LogP contribution in [0.25, 0.3) is 0 Å². The molecule has 2 unspecified atom stereocenters. The molecule has 2 N–H and O–H groups in total. The largest absolute Gasteiger partial charge is 0.330 e. The number of hydrogen-bond acceptors (Lipinski definition) is 3. The second-order valence-corrected chi connectivity index (χ2v) is 5.94. The average molecular weight is 259 g/mol. The summed E-state index contributed by atoms with van der Waals surface area (Å²) < 4.78 is 0. The van der Waals surface area contributed by atoms with Crippen LogP contribution < -0.4 is 5.73 Å². The second kappa shape index (κ2) is 6.04. The fourth-order valence-corrected chi connectivity index (χ4v) is 3.40. The minimum absolute atomic E-state index is 0.765. The molecule has 1 aliphatic heterocycles. The Morgan fingerprint density at radius 3 is 2.32 bits per heavy atom. The maximum absolute atomic E-state index is 5.82. The third-order valence-corrected chi connectivity index (χ3v) is 4.81. The highest BCUT2D eigenvalue weighted by Gasteiger charge is 2.35. The Morgan fingerprint density at radius 2 is 1.74 bits per heavy atom. The monoisotopic (exact) mass is 259 g/mol. The van der Waals surface area contributed by atoms with Gasteiger partial charge in [-0.05, 0) is 30.9 Å². The van der Waals surface area contributed by atoms with Crippen molar-refractivity contribution in [2.24, 2.45) is 11.7 Å². The lowest BCUT2D eigenvalue weighted by Gasteiger charge is -2.47. The molecule has 0 amide bonds. The van der Waals surface area contributed by atoms with Crippen molar-refractivity contribution >= 4 is 0 Å². The molecular formula is C16H25N3. The van der Waals surface area contributed by atoms with E-state index in [2.05, 4.69) is 40.1 Å². The second-order valence-electron chi connectivity index (χ2n) is 5.94. The topological polar surface area (TPSA) is 32.5 Å². The number of benzene rings is 1. The summed E-state index contributed by atoms with van der Waals surface area (Å²) in [5, 5.41) is 0. The van der Waals surface area contributed by atoms with E-state index in [9.17, 15) is 0 Å². The normalized spacial score (nSPS) is 29.1. The number of piperazine rings is 1. The zero-order valence-corrected chi connectivity index (χ0v) is 11.7. The van der Waals surface area contributed by atoms with Gasteiger partial charge in [-0.1, -0.05) is 30.3 Å². The summed E-state index contributed by atoms with van der Waals surface area (Å²) in [6.45, 7) is 6.79. The molecule has 1 heterocycles. The van der Waals surface area contributed by atoms with Gasteiger partial charge < -0.3 is 5.73 Å². The SMILES string of the molecule is NCC1CCC1N1CCN(Cc2ccccc2)CC1. The molecule has 104 valence electrons. The van der Waals surface area contributed by atoms with E-state index < -0.39 is 0 Å². The zero-order valence-electron chi connectivity index (χ0n) is 11.7. The molecule has 3 rings (SSSR count). The molecule has 2 atom stereocenters. The van der Waals surface area contributed by atoms with Gasteiger partial charge in [0.15, 0.2) is 0 Å². The van der Waals surface area contributed by atoms with Crippen LogP contribution in [-0.4, -0.2) is 48.6 Å². The lowest BCUT2D eigenvalue weighted by molar-refractivity contribution is 0.0220. The summed E-state index contributed by atoms with van der Waals surface area (Å²) in [5.41, 5.74) is 7.25. The molecule has 0 spiro atoms. The van der Waals surface area contributed by atoms with E-state index in [4.69, 9.17) is 5.73 Å². The maximum atomic E-state index is 5.82. The van der Waals surface area contributed by atoms with E-state index in [1.165, 1.54) is 44.6 Å². The number of nitrogens with two attached hydrogens (primary N) is 1. The Balaban J connectivity index is 1.47. The number of nitrogens with zero attached hydrogens (tertiary/aromatic N) is 2.